The summed E-state index contributed by atoms with van der Waals surface area (Å²) in [6, 6.07) is 9.88. The maximum atomic E-state index is 12.3. The molecule has 29 heavy (non-hydrogen) atoms. The highest BCUT2D eigenvalue weighted by molar-refractivity contribution is 7.93. The van der Waals surface area contributed by atoms with Gasteiger partial charge in [-0.2, -0.15) is 43.2 Å². The number of benzene rings is 2. The van der Waals surface area contributed by atoms with Crippen LogP contribution in [-0.4, -0.2) is 27.9 Å². The first-order valence-corrected chi connectivity index (χ1v) is 10.4. The molecule has 14 heteroatoms. The van der Waals surface area contributed by atoms with Gasteiger partial charge < -0.3 is 0 Å². The van der Waals surface area contributed by atoms with E-state index in [1.54, 1.807) is 0 Å². The monoisotopic (exact) mass is 462 g/mol. The van der Waals surface area contributed by atoms with Crippen LogP contribution in [0.25, 0.3) is 0 Å². The summed E-state index contributed by atoms with van der Waals surface area (Å²) in [5.41, 5.74) is -10.4. The summed E-state index contributed by atoms with van der Waals surface area (Å²) in [5, 5.41) is 0. The van der Waals surface area contributed by atoms with Crippen molar-refractivity contribution in [2.24, 2.45) is 0 Å². The number of halogens is 6. The molecule has 0 bridgehead atoms. The number of alkyl halides is 6. The number of anilines is 2. The molecule has 0 saturated heterocycles. The van der Waals surface area contributed by atoms with E-state index in [1.165, 1.54) is 33.7 Å². The third kappa shape index (κ3) is 5.76. The molecule has 0 fully saturated rings. The van der Waals surface area contributed by atoms with Crippen LogP contribution in [0.3, 0.4) is 0 Å². The van der Waals surface area contributed by atoms with E-state index in [1.807, 2.05) is 0 Å². The second-order valence-corrected chi connectivity index (χ2v) is 9.02. The van der Waals surface area contributed by atoms with Gasteiger partial charge in [-0.25, -0.2) is 0 Å². The zero-order chi connectivity index (χ0) is 22.1. The van der Waals surface area contributed by atoms with Crippen LogP contribution in [0, 0.1) is 0 Å². The lowest BCUT2D eigenvalue weighted by Crippen LogP contribution is -2.29. The predicted molar refractivity (Wildman–Crippen MR) is 92.9 cm³/mol. The summed E-state index contributed by atoms with van der Waals surface area (Å²) in [6.07, 6.45) is 0.207. The van der Waals surface area contributed by atoms with E-state index in [9.17, 15) is 43.2 Å². The third-order valence-corrected chi connectivity index (χ3v) is 5.66. The van der Waals surface area contributed by atoms with E-state index in [0.29, 0.717) is 11.1 Å². The molecule has 0 aromatic heterocycles. The van der Waals surface area contributed by atoms with E-state index in [2.05, 4.69) is 0 Å². The van der Waals surface area contributed by atoms with Gasteiger partial charge in [0.25, 0.3) is 0 Å². The van der Waals surface area contributed by atoms with Crippen LogP contribution in [-0.2, 0) is 26.5 Å². The molecule has 2 aromatic rings. The average molecular weight is 462 g/mol. The van der Waals surface area contributed by atoms with Crippen molar-refractivity contribution >= 4 is 31.4 Å². The first kappa shape index (κ1) is 22.8. The Morgan fingerprint density at radius 2 is 0.862 bits per heavy atom. The van der Waals surface area contributed by atoms with E-state index >= 15 is 0 Å². The topological polar surface area (TPSA) is 92.3 Å². The molecule has 6 nitrogen and oxygen atoms in total. The molecule has 0 spiro atoms. The molecule has 0 amide bonds. The van der Waals surface area contributed by atoms with Gasteiger partial charge in [-0.3, -0.25) is 9.44 Å². The average Bonchev–Trinajstić information content (AvgIpc) is 2.56. The van der Waals surface area contributed by atoms with Gasteiger partial charge in [0, 0.05) is 11.4 Å². The Morgan fingerprint density at radius 1 is 0.586 bits per heavy atom. The Balaban J connectivity index is 2.06. The molecule has 0 aliphatic carbocycles. The van der Waals surface area contributed by atoms with Crippen LogP contribution in [0.5, 0.6) is 0 Å². The standard InChI is InChI=1S/C15H12F6N2O4S2/c16-14(17,18)28(24,25)22-12-5-1-10(2-6-12)9-11-3-7-13(8-4-11)23-29(26,27)15(19,20)21/h1-8,22-23H,9H2. The number of rotatable bonds is 6. The smallest absolute Gasteiger partial charge is 0.276 e. The molecule has 0 aliphatic rings. The molecule has 0 atom stereocenters. The van der Waals surface area contributed by atoms with Gasteiger partial charge in [-0.05, 0) is 41.8 Å². The Bertz CT molecular complexity index is 974. The Morgan fingerprint density at radius 3 is 1.10 bits per heavy atom. The zero-order valence-electron chi connectivity index (χ0n) is 14.0. The van der Waals surface area contributed by atoms with Gasteiger partial charge >= 0.3 is 31.1 Å². The van der Waals surface area contributed by atoms with Crippen molar-refractivity contribution in [3.05, 3.63) is 59.7 Å². The molecular weight excluding hydrogens is 450 g/mol. The molecule has 2 N–H and O–H groups in total. The van der Waals surface area contributed by atoms with Gasteiger partial charge in [0.15, 0.2) is 0 Å². The third-order valence-electron chi connectivity index (χ3n) is 3.43. The molecule has 0 aliphatic heterocycles. The fourth-order valence-corrected chi connectivity index (χ4v) is 3.17. The SMILES string of the molecule is O=S(=O)(Nc1ccc(Cc2ccc(NS(=O)(=O)C(F)(F)F)cc2)cc1)C(F)(F)F. The summed E-state index contributed by atoms with van der Waals surface area (Å²) in [5.74, 6) is 0. The maximum absolute atomic E-state index is 12.3. The number of hydrogen-bond donors (Lipinski definition) is 2. The summed E-state index contributed by atoms with van der Waals surface area (Å²) in [4.78, 5) is 0. The van der Waals surface area contributed by atoms with E-state index in [-0.39, 0.29) is 17.8 Å². The second-order valence-electron chi connectivity index (χ2n) is 5.67. The van der Waals surface area contributed by atoms with Gasteiger partial charge in [0.1, 0.15) is 0 Å². The largest absolute Gasteiger partial charge is 0.516 e. The minimum Gasteiger partial charge on any atom is -0.276 e. The highest BCUT2D eigenvalue weighted by atomic mass is 32.2. The minimum atomic E-state index is -5.54. The Labute approximate surface area is 161 Å². The molecule has 2 aromatic carbocycles. The van der Waals surface area contributed by atoms with Crippen LogP contribution in [0.15, 0.2) is 48.5 Å². The fourth-order valence-electron chi connectivity index (χ4n) is 2.04. The molecule has 160 valence electrons. The van der Waals surface area contributed by atoms with Crippen molar-refractivity contribution < 1.29 is 43.2 Å². The number of hydrogen-bond acceptors (Lipinski definition) is 4. The van der Waals surface area contributed by atoms with Crippen molar-refractivity contribution in [1.82, 2.24) is 0 Å². The fraction of sp³-hybridized carbons (Fsp3) is 0.200. The summed E-state index contributed by atoms with van der Waals surface area (Å²) in [6.45, 7) is 0. The highest BCUT2D eigenvalue weighted by Crippen LogP contribution is 2.27. The Kier molecular flexibility index (Phi) is 6.09. The van der Waals surface area contributed by atoms with Crippen LogP contribution < -0.4 is 9.44 Å². The normalized spacial score (nSPS) is 13.2. The highest BCUT2D eigenvalue weighted by Gasteiger charge is 2.46. The van der Waals surface area contributed by atoms with Gasteiger partial charge in [0.05, 0.1) is 0 Å². The van der Waals surface area contributed by atoms with E-state index < -0.39 is 31.1 Å². The summed E-state index contributed by atoms with van der Waals surface area (Å²) in [7, 11) is -11.1. The van der Waals surface area contributed by atoms with Crippen molar-refractivity contribution in [1.29, 1.82) is 0 Å². The van der Waals surface area contributed by atoms with Gasteiger partial charge in [0.2, 0.25) is 0 Å². The quantitative estimate of drug-likeness (QED) is 0.639. The van der Waals surface area contributed by atoms with Crippen LogP contribution in [0.4, 0.5) is 37.7 Å². The molecule has 0 unspecified atom stereocenters. The molecule has 0 heterocycles. The van der Waals surface area contributed by atoms with E-state index in [0.717, 1.165) is 24.3 Å². The number of sulfonamides is 2. The van der Waals surface area contributed by atoms with E-state index in [4.69, 9.17) is 0 Å². The van der Waals surface area contributed by atoms with Gasteiger partial charge in [-0.1, -0.05) is 24.3 Å². The molecule has 0 radical (unpaired) electrons. The molecule has 0 saturated carbocycles. The van der Waals surface area contributed by atoms with Gasteiger partial charge in [-0.15, -0.1) is 0 Å². The van der Waals surface area contributed by atoms with Crippen LogP contribution >= 0.6 is 0 Å². The van der Waals surface area contributed by atoms with Crippen molar-refractivity contribution in [2.45, 2.75) is 17.4 Å². The molecule has 2 rings (SSSR count). The maximum Gasteiger partial charge on any atom is 0.516 e. The first-order valence-electron chi connectivity index (χ1n) is 7.47. The van der Waals surface area contributed by atoms with Crippen LogP contribution in [0.1, 0.15) is 11.1 Å². The zero-order valence-corrected chi connectivity index (χ0v) is 15.7. The minimum absolute atomic E-state index is 0.207. The Hall–Kier alpha value is -2.48. The summed E-state index contributed by atoms with van der Waals surface area (Å²) >= 11 is 0. The number of nitrogens with one attached hydrogen (secondary N) is 2. The first-order chi connectivity index (χ1) is 13.1. The lowest BCUT2D eigenvalue weighted by Gasteiger charge is -2.12. The van der Waals surface area contributed by atoms with Crippen LogP contribution in [0.2, 0.25) is 0 Å². The second kappa shape index (κ2) is 7.74. The summed E-state index contributed by atoms with van der Waals surface area (Å²) < 4.78 is 121. The lowest BCUT2D eigenvalue weighted by atomic mass is 10.0. The van der Waals surface area contributed by atoms with Crippen molar-refractivity contribution in [2.75, 3.05) is 9.44 Å². The predicted octanol–water partition coefficient (Wildman–Crippen LogP) is 3.80. The van der Waals surface area contributed by atoms with Crippen molar-refractivity contribution in [3.8, 4) is 0 Å². The lowest BCUT2D eigenvalue weighted by molar-refractivity contribution is -0.0435. The van der Waals surface area contributed by atoms with Crippen molar-refractivity contribution in [3.63, 3.8) is 0 Å². The molecular formula is C15H12F6N2O4S2.